The average molecular weight is 212 g/mol. The summed E-state index contributed by atoms with van der Waals surface area (Å²) in [6, 6.07) is 0.348. The van der Waals surface area contributed by atoms with Crippen molar-refractivity contribution in [3.63, 3.8) is 0 Å². The Balaban J connectivity index is 1.72. The fourth-order valence-electron chi connectivity index (χ4n) is 2.74. The molecule has 2 heterocycles. The number of aliphatic hydroxyl groups excluding tert-OH is 1. The Hall–Kier alpha value is -0.120. The Labute approximate surface area is 92.8 Å². The molecular formula is C12H24N2O. The van der Waals surface area contributed by atoms with Gasteiger partial charge in [-0.3, -0.25) is 0 Å². The van der Waals surface area contributed by atoms with Gasteiger partial charge in [0.05, 0.1) is 6.10 Å². The van der Waals surface area contributed by atoms with Gasteiger partial charge in [-0.05, 0) is 45.3 Å². The predicted molar refractivity (Wildman–Crippen MR) is 61.9 cm³/mol. The molecule has 2 fully saturated rings. The Morgan fingerprint density at radius 3 is 2.60 bits per heavy atom. The number of likely N-dealkylation sites (tertiary alicyclic amines) is 1. The molecule has 2 atom stereocenters. The maximum absolute atomic E-state index is 10.1. The smallest absolute Gasteiger partial charge is 0.0819 e. The van der Waals surface area contributed by atoms with Gasteiger partial charge in [0.15, 0.2) is 0 Å². The highest BCUT2D eigenvalue weighted by Gasteiger charge is 2.23. The van der Waals surface area contributed by atoms with Crippen molar-refractivity contribution >= 4 is 0 Å². The molecule has 88 valence electrons. The summed E-state index contributed by atoms with van der Waals surface area (Å²) < 4.78 is 0. The number of nitrogens with one attached hydrogen (secondary N) is 1. The molecule has 2 saturated heterocycles. The van der Waals surface area contributed by atoms with Crippen LogP contribution >= 0.6 is 0 Å². The van der Waals surface area contributed by atoms with Gasteiger partial charge in [-0.2, -0.15) is 0 Å². The number of hydrogen-bond donors (Lipinski definition) is 2. The summed E-state index contributed by atoms with van der Waals surface area (Å²) in [7, 11) is 0. The van der Waals surface area contributed by atoms with Crippen LogP contribution in [0.25, 0.3) is 0 Å². The first-order valence-electron chi connectivity index (χ1n) is 6.50. The van der Waals surface area contributed by atoms with E-state index in [1.54, 1.807) is 0 Å². The third kappa shape index (κ3) is 3.44. The molecule has 15 heavy (non-hydrogen) atoms. The van der Waals surface area contributed by atoms with Crippen molar-refractivity contribution in [3.8, 4) is 0 Å². The first kappa shape index (κ1) is 11.4. The molecule has 0 aromatic carbocycles. The lowest BCUT2D eigenvalue weighted by Crippen LogP contribution is -2.49. The van der Waals surface area contributed by atoms with Crippen LogP contribution < -0.4 is 5.32 Å². The molecule has 3 heteroatoms. The quantitative estimate of drug-likeness (QED) is 0.732. The summed E-state index contributed by atoms with van der Waals surface area (Å²) in [6.07, 6.45) is 7.52. The van der Waals surface area contributed by atoms with Gasteiger partial charge in [0, 0.05) is 12.6 Å². The number of piperidine rings is 2. The van der Waals surface area contributed by atoms with E-state index >= 15 is 0 Å². The summed E-state index contributed by atoms with van der Waals surface area (Å²) in [4.78, 5) is 2.42. The third-order valence-electron chi connectivity index (χ3n) is 3.71. The fourth-order valence-corrected chi connectivity index (χ4v) is 2.74. The van der Waals surface area contributed by atoms with Crippen molar-refractivity contribution in [2.75, 3.05) is 26.2 Å². The highest BCUT2D eigenvalue weighted by atomic mass is 16.3. The van der Waals surface area contributed by atoms with E-state index in [0.29, 0.717) is 6.04 Å². The van der Waals surface area contributed by atoms with Crippen LogP contribution in [0.3, 0.4) is 0 Å². The topological polar surface area (TPSA) is 35.5 Å². The van der Waals surface area contributed by atoms with Gasteiger partial charge in [0.1, 0.15) is 0 Å². The Kier molecular flexibility index (Phi) is 4.42. The van der Waals surface area contributed by atoms with Gasteiger partial charge >= 0.3 is 0 Å². The Morgan fingerprint density at radius 2 is 1.93 bits per heavy atom. The Morgan fingerprint density at radius 1 is 1.13 bits per heavy atom. The molecule has 2 N–H and O–H groups in total. The van der Waals surface area contributed by atoms with E-state index in [2.05, 4.69) is 10.2 Å². The van der Waals surface area contributed by atoms with Crippen LogP contribution in [0, 0.1) is 0 Å². The van der Waals surface area contributed by atoms with Crippen LogP contribution in [0.5, 0.6) is 0 Å². The number of rotatable bonds is 3. The minimum atomic E-state index is -0.164. The van der Waals surface area contributed by atoms with Crippen LogP contribution in [0.2, 0.25) is 0 Å². The summed E-state index contributed by atoms with van der Waals surface area (Å²) in [5, 5.41) is 13.6. The monoisotopic (exact) mass is 212 g/mol. The van der Waals surface area contributed by atoms with Crippen molar-refractivity contribution in [1.29, 1.82) is 0 Å². The maximum Gasteiger partial charge on any atom is 0.0819 e. The highest BCUT2D eigenvalue weighted by Crippen LogP contribution is 2.14. The van der Waals surface area contributed by atoms with Crippen LogP contribution in [-0.4, -0.2) is 48.3 Å². The minimum Gasteiger partial charge on any atom is -0.390 e. The molecule has 0 aliphatic carbocycles. The predicted octanol–water partition coefficient (Wildman–Crippen LogP) is 0.975. The number of β-amino-alcohol motifs (C(OH)–C–C–N with tert-alkyl or cyclic N) is 1. The van der Waals surface area contributed by atoms with Gasteiger partial charge in [-0.25, -0.2) is 0 Å². The molecule has 3 nitrogen and oxygen atoms in total. The fraction of sp³-hybridized carbons (Fsp3) is 1.00. The largest absolute Gasteiger partial charge is 0.390 e. The molecule has 2 unspecified atom stereocenters. The zero-order valence-electron chi connectivity index (χ0n) is 9.62. The SMILES string of the molecule is OC(CN1CCCCC1)C1CCCCN1. The van der Waals surface area contributed by atoms with E-state index in [1.165, 1.54) is 45.2 Å². The molecule has 2 rings (SSSR count). The standard InChI is InChI=1S/C12H24N2O/c15-12(11-6-2-3-7-13-11)10-14-8-4-1-5-9-14/h11-13,15H,1-10H2. The lowest BCUT2D eigenvalue weighted by atomic mass is 9.99. The maximum atomic E-state index is 10.1. The van der Waals surface area contributed by atoms with Crippen LogP contribution in [0.1, 0.15) is 38.5 Å². The molecule has 0 saturated carbocycles. The summed E-state index contributed by atoms with van der Waals surface area (Å²) in [5.41, 5.74) is 0. The van der Waals surface area contributed by atoms with Crippen LogP contribution in [-0.2, 0) is 0 Å². The molecular weight excluding hydrogens is 188 g/mol. The normalized spacial score (nSPS) is 31.4. The number of aliphatic hydroxyl groups is 1. The first-order valence-corrected chi connectivity index (χ1v) is 6.50. The van der Waals surface area contributed by atoms with E-state index in [-0.39, 0.29) is 6.10 Å². The first-order chi connectivity index (χ1) is 7.36. The summed E-state index contributed by atoms with van der Waals surface area (Å²) >= 11 is 0. The number of nitrogens with zero attached hydrogens (tertiary/aromatic N) is 1. The second kappa shape index (κ2) is 5.83. The molecule has 0 spiro atoms. The molecule has 0 radical (unpaired) electrons. The van der Waals surface area contributed by atoms with Crippen molar-refractivity contribution < 1.29 is 5.11 Å². The van der Waals surface area contributed by atoms with Crippen molar-refractivity contribution in [2.45, 2.75) is 50.7 Å². The number of hydrogen-bond acceptors (Lipinski definition) is 3. The molecule has 0 aromatic heterocycles. The molecule has 2 aliphatic rings. The third-order valence-corrected chi connectivity index (χ3v) is 3.71. The molecule has 0 bridgehead atoms. The second-order valence-electron chi connectivity index (χ2n) is 4.99. The Bertz CT molecular complexity index is 174. The highest BCUT2D eigenvalue weighted by molar-refractivity contribution is 4.82. The van der Waals surface area contributed by atoms with Gasteiger partial charge < -0.3 is 15.3 Å². The van der Waals surface area contributed by atoms with Gasteiger partial charge in [0.2, 0.25) is 0 Å². The van der Waals surface area contributed by atoms with E-state index in [1.807, 2.05) is 0 Å². The molecule has 0 amide bonds. The van der Waals surface area contributed by atoms with E-state index in [4.69, 9.17) is 0 Å². The second-order valence-corrected chi connectivity index (χ2v) is 4.99. The molecule has 0 aromatic rings. The van der Waals surface area contributed by atoms with E-state index in [9.17, 15) is 5.11 Å². The van der Waals surface area contributed by atoms with Crippen LogP contribution in [0.15, 0.2) is 0 Å². The van der Waals surface area contributed by atoms with Gasteiger partial charge in [-0.15, -0.1) is 0 Å². The zero-order valence-corrected chi connectivity index (χ0v) is 9.62. The lowest BCUT2D eigenvalue weighted by Gasteiger charge is -2.33. The zero-order chi connectivity index (χ0) is 10.5. The van der Waals surface area contributed by atoms with Gasteiger partial charge in [0.25, 0.3) is 0 Å². The van der Waals surface area contributed by atoms with Crippen LogP contribution in [0.4, 0.5) is 0 Å². The van der Waals surface area contributed by atoms with Crippen molar-refractivity contribution in [2.24, 2.45) is 0 Å². The molecule has 2 aliphatic heterocycles. The van der Waals surface area contributed by atoms with E-state index < -0.39 is 0 Å². The summed E-state index contributed by atoms with van der Waals surface area (Å²) in [5.74, 6) is 0. The van der Waals surface area contributed by atoms with E-state index in [0.717, 1.165) is 19.5 Å². The minimum absolute atomic E-state index is 0.164. The van der Waals surface area contributed by atoms with Crippen molar-refractivity contribution in [3.05, 3.63) is 0 Å². The van der Waals surface area contributed by atoms with Gasteiger partial charge in [-0.1, -0.05) is 12.8 Å². The lowest BCUT2D eigenvalue weighted by molar-refractivity contribution is 0.0628. The average Bonchev–Trinajstić information content (AvgIpc) is 2.31. The summed E-state index contributed by atoms with van der Waals surface area (Å²) in [6.45, 7) is 4.33. The van der Waals surface area contributed by atoms with Crippen molar-refractivity contribution in [1.82, 2.24) is 10.2 Å².